The Bertz CT molecular complexity index is 594. The summed E-state index contributed by atoms with van der Waals surface area (Å²) in [5, 5.41) is 2.25. The van der Waals surface area contributed by atoms with Crippen molar-refractivity contribution in [1.82, 2.24) is 4.98 Å². The maximum absolute atomic E-state index is 6.02. The van der Waals surface area contributed by atoms with Crippen LogP contribution in [0.2, 0.25) is 0 Å². The number of pyridine rings is 1. The van der Waals surface area contributed by atoms with Gasteiger partial charge in [-0.1, -0.05) is 0 Å². The first kappa shape index (κ1) is 12.8. The first-order valence-electron chi connectivity index (χ1n) is 6.63. The highest BCUT2D eigenvalue weighted by atomic mass is 32.2. The zero-order chi connectivity index (χ0) is 13.2. The molecule has 1 aromatic carbocycles. The molecule has 1 atom stereocenters. The molecule has 4 heteroatoms. The predicted molar refractivity (Wildman–Crippen MR) is 80.6 cm³/mol. The number of nitrogens with zero attached hydrogens (tertiary/aromatic N) is 1. The lowest BCUT2D eigenvalue weighted by Gasteiger charge is -2.12. The van der Waals surface area contributed by atoms with Gasteiger partial charge in [0.1, 0.15) is 0 Å². The highest BCUT2D eigenvalue weighted by molar-refractivity contribution is 7.99. The number of hydrogen-bond acceptors (Lipinski definition) is 4. The molecular formula is C15H18N2OS. The van der Waals surface area contributed by atoms with Crippen molar-refractivity contribution in [2.75, 3.05) is 18.1 Å². The monoisotopic (exact) mass is 274 g/mol. The summed E-state index contributed by atoms with van der Waals surface area (Å²) < 4.78 is 5.68. The molecule has 0 spiro atoms. The lowest BCUT2D eigenvalue weighted by atomic mass is 10.1. The molecule has 0 radical (unpaired) electrons. The number of fused-ring (bicyclic) bond motifs is 1. The van der Waals surface area contributed by atoms with E-state index in [2.05, 4.69) is 17.1 Å². The molecule has 0 aliphatic carbocycles. The topological polar surface area (TPSA) is 48.1 Å². The number of ether oxygens (including phenoxy) is 1. The third-order valence-corrected chi connectivity index (χ3v) is 4.69. The van der Waals surface area contributed by atoms with Crippen LogP contribution in [-0.4, -0.2) is 23.4 Å². The molecule has 1 aliphatic heterocycles. The number of nitrogen functional groups attached to an aromatic ring is 1. The van der Waals surface area contributed by atoms with Gasteiger partial charge in [-0.25, -0.2) is 0 Å². The van der Waals surface area contributed by atoms with E-state index in [1.54, 1.807) is 0 Å². The summed E-state index contributed by atoms with van der Waals surface area (Å²) in [6.07, 6.45) is 4.65. The summed E-state index contributed by atoms with van der Waals surface area (Å²) in [4.78, 5) is 5.60. The minimum atomic E-state index is 0.403. The fourth-order valence-electron chi connectivity index (χ4n) is 2.42. The van der Waals surface area contributed by atoms with Crippen LogP contribution in [0.3, 0.4) is 0 Å². The Kier molecular flexibility index (Phi) is 3.62. The number of rotatable bonds is 3. The second-order valence-electron chi connectivity index (χ2n) is 4.97. The lowest BCUT2D eigenvalue weighted by Crippen LogP contribution is -2.07. The van der Waals surface area contributed by atoms with E-state index < -0.39 is 0 Å². The molecule has 3 nitrogen and oxygen atoms in total. The minimum Gasteiger partial charge on any atom is -0.398 e. The molecule has 1 aromatic heterocycles. The molecule has 2 N–H and O–H groups in total. The number of benzene rings is 1. The van der Waals surface area contributed by atoms with Crippen LogP contribution >= 0.6 is 11.8 Å². The molecule has 0 amide bonds. The molecule has 2 aromatic rings. The molecule has 1 fully saturated rings. The molecule has 2 heterocycles. The molecule has 1 aliphatic rings. The van der Waals surface area contributed by atoms with Crippen LogP contribution in [0.1, 0.15) is 18.5 Å². The molecular weight excluding hydrogens is 256 g/mol. The van der Waals surface area contributed by atoms with Crippen LogP contribution in [0.4, 0.5) is 5.69 Å². The van der Waals surface area contributed by atoms with Crippen molar-refractivity contribution in [3.05, 3.63) is 30.1 Å². The van der Waals surface area contributed by atoms with Gasteiger partial charge in [0.2, 0.25) is 0 Å². The summed E-state index contributed by atoms with van der Waals surface area (Å²) in [6, 6.07) is 6.19. The van der Waals surface area contributed by atoms with Gasteiger partial charge >= 0.3 is 0 Å². The average molecular weight is 274 g/mol. The Balaban J connectivity index is 1.89. The van der Waals surface area contributed by atoms with Crippen molar-refractivity contribution in [2.45, 2.75) is 30.8 Å². The van der Waals surface area contributed by atoms with Crippen molar-refractivity contribution in [2.24, 2.45) is 0 Å². The first-order valence-corrected chi connectivity index (χ1v) is 7.62. The van der Waals surface area contributed by atoms with E-state index in [9.17, 15) is 0 Å². The number of hydrogen-bond donors (Lipinski definition) is 1. The van der Waals surface area contributed by atoms with Gasteiger partial charge in [-0.3, -0.25) is 4.98 Å². The third-order valence-electron chi connectivity index (χ3n) is 3.48. The van der Waals surface area contributed by atoms with E-state index in [4.69, 9.17) is 10.5 Å². The third kappa shape index (κ3) is 2.69. The van der Waals surface area contributed by atoms with Gasteiger partial charge in [0.05, 0.1) is 6.10 Å². The second kappa shape index (κ2) is 5.39. The van der Waals surface area contributed by atoms with Crippen LogP contribution in [0, 0.1) is 6.92 Å². The highest BCUT2D eigenvalue weighted by Gasteiger charge is 2.16. The van der Waals surface area contributed by atoms with Crippen LogP contribution in [0.5, 0.6) is 0 Å². The quantitative estimate of drug-likeness (QED) is 0.688. The van der Waals surface area contributed by atoms with E-state index >= 15 is 0 Å². The van der Waals surface area contributed by atoms with Gasteiger partial charge in [-0.2, -0.15) is 0 Å². The minimum absolute atomic E-state index is 0.403. The van der Waals surface area contributed by atoms with Crippen LogP contribution in [0.25, 0.3) is 10.8 Å². The number of nitrogens with two attached hydrogens (primary N) is 1. The first-order chi connectivity index (χ1) is 9.24. The zero-order valence-corrected chi connectivity index (χ0v) is 11.9. The van der Waals surface area contributed by atoms with E-state index in [1.165, 1.54) is 23.1 Å². The molecule has 1 saturated heterocycles. The van der Waals surface area contributed by atoms with Gasteiger partial charge in [-0.05, 0) is 38.0 Å². The Morgan fingerprint density at radius 1 is 1.42 bits per heavy atom. The summed E-state index contributed by atoms with van der Waals surface area (Å²) >= 11 is 1.86. The number of anilines is 1. The summed E-state index contributed by atoms with van der Waals surface area (Å²) in [7, 11) is 0. The van der Waals surface area contributed by atoms with Gasteiger partial charge in [0, 0.05) is 45.6 Å². The Morgan fingerprint density at radius 3 is 3.11 bits per heavy atom. The van der Waals surface area contributed by atoms with Gasteiger partial charge < -0.3 is 10.5 Å². The number of aryl methyl sites for hydroxylation is 1. The van der Waals surface area contributed by atoms with E-state index in [0.29, 0.717) is 6.10 Å². The molecule has 19 heavy (non-hydrogen) atoms. The molecule has 1 unspecified atom stereocenters. The fraction of sp³-hybridized carbons (Fsp3) is 0.400. The summed E-state index contributed by atoms with van der Waals surface area (Å²) in [6.45, 7) is 2.92. The van der Waals surface area contributed by atoms with Crippen LogP contribution in [-0.2, 0) is 4.74 Å². The van der Waals surface area contributed by atoms with Crippen LogP contribution < -0.4 is 5.73 Å². The van der Waals surface area contributed by atoms with Crippen molar-refractivity contribution in [3.63, 3.8) is 0 Å². The average Bonchev–Trinajstić information content (AvgIpc) is 2.91. The molecule has 0 saturated carbocycles. The molecule has 100 valence electrons. The fourth-order valence-corrected chi connectivity index (χ4v) is 3.54. The smallest absolute Gasteiger partial charge is 0.0669 e. The zero-order valence-electron chi connectivity index (χ0n) is 11.1. The van der Waals surface area contributed by atoms with Crippen molar-refractivity contribution >= 4 is 28.2 Å². The lowest BCUT2D eigenvalue weighted by molar-refractivity contribution is 0.129. The maximum Gasteiger partial charge on any atom is 0.0669 e. The predicted octanol–water partition coefficient (Wildman–Crippen LogP) is 3.40. The van der Waals surface area contributed by atoms with E-state index in [-0.39, 0.29) is 0 Å². The summed E-state index contributed by atoms with van der Waals surface area (Å²) in [5.74, 6) is 1.01. The standard InChI is InChI=1S/C15H18N2OS/c1-10-7-12-13(8-17-10)14(16)4-5-15(12)19-9-11-3-2-6-18-11/h4-5,7-8,11H,2-3,6,9,16H2,1H3. The Labute approximate surface area is 117 Å². The van der Waals surface area contributed by atoms with E-state index in [0.717, 1.165) is 29.1 Å². The Morgan fingerprint density at radius 2 is 2.32 bits per heavy atom. The van der Waals surface area contributed by atoms with Crippen molar-refractivity contribution < 1.29 is 4.74 Å². The normalized spacial score (nSPS) is 19.1. The number of aromatic nitrogens is 1. The second-order valence-corrected chi connectivity index (χ2v) is 6.03. The number of thioether (sulfide) groups is 1. The van der Waals surface area contributed by atoms with Crippen molar-refractivity contribution in [1.29, 1.82) is 0 Å². The molecule has 3 rings (SSSR count). The Hall–Kier alpha value is -1.26. The SMILES string of the molecule is Cc1cc2c(SCC3CCCO3)ccc(N)c2cn1. The molecule has 0 bridgehead atoms. The van der Waals surface area contributed by atoms with Gasteiger partial charge in [0.25, 0.3) is 0 Å². The largest absolute Gasteiger partial charge is 0.398 e. The van der Waals surface area contributed by atoms with Gasteiger partial charge in [0.15, 0.2) is 0 Å². The van der Waals surface area contributed by atoms with Gasteiger partial charge in [-0.15, -0.1) is 11.8 Å². The highest BCUT2D eigenvalue weighted by Crippen LogP contribution is 2.33. The van der Waals surface area contributed by atoms with E-state index in [1.807, 2.05) is 30.9 Å². The maximum atomic E-state index is 6.02. The van der Waals surface area contributed by atoms with Crippen molar-refractivity contribution in [3.8, 4) is 0 Å². The van der Waals surface area contributed by atoms with Crippen LogP contribution in [0.15, 0.2) is 29.3 Å². The summed E-state index contributed by atoms with van der Waals surface area (Å²) in [5.41, 5.74) is 7.84.